The van der Waals surface area contributed by atoms with Gasteiger partial charge in [0.2, 0.25) is 5.91 Å². The maximum Gasteiger partial charge on any atom is 0.416 e. The zero-order chi connectivity index (χ0) is 25.5. The van der Waals surface area contributed by atoms with E-state index in [2.05, 4.69) is 20.5 Å². The van der Waals surface area contributed by atoms with Crippen LogP contribution in [0, 0.1) is 11.8 Å². The molecule has 36 heavy (non-hydrogen) atoms. The van der Waals surface area contributed by atoms with Crippen molar-refractivity contribution in [2.45, 2.75) is 49.5 Å². The minimum absolute atomic E-state index is 0.0586. The molecule has 2 aromatic rings. The van der Waals surface area contributed by atoms with Crippen LogP contribution in [0.3, 0.4) is 0 Å². The highest BCUT2D eigenvalue weighted by Crippen LogP contribution is 2.56. The van der Waals surface area contributed by atoms with E-state index in [0.717, 1.165) is 49.7 Å². The number of fused-ring (bicyclic) bond motifs is 2. The van der Waals surface area contributed by atoms with Gasteiger partial charge < -0.3 is 15.7 Å². The van der Waals surface area contributed by atoms with E-state index < -0.39 is 23.2 Å². The summed E-state index contributed by atoms with van der Waals surface area (Å²) in [5.41, 5.74) is -1.18. The van der Waals surface area contributed by atoms with Crippen molar-refractivity contribution in [2.24, 2.45) is 11.8 Å². The number of likely N-dealkylation sites (tertiary alicyclic amines) is 1. The summed E-state index contributed by atoms with van der Waals surface area (Å²) in [7, 11) is 0. The van der Waals surface area contributed by atoms with E-state index >= 15 is 0 Å². The van der Waals surface area contributed by atoms with Crippen LogP contribution in [0.5, 0.6) is 0 Å². The fourth-order valence-electron chi connectivity index (χ4n) is 6.24. The molecule has 3 N–H and O–H groups in total. The van der Waals surface area contributed by atoms with Crippen LogP contribution in [0.2, 0.25) is 0 Å². The summed E-state index contributed by atoms with van der Waals surface area (Å²) >= 11 is 0. The molecule has 1 aliphatic heterocycles. The highest BCUT2D eigenvalue weighted by molar-refractivity contribution is 5.96. The number of aromatic nitrogens is 1. The predicted molar refractivity (Wildman–Crippen MR) is 125 cm³/mol. The Morgan fingerprint density at radius 1 is 1.17 bits per heavy atom. The van der Waals surface area contributed by atoms with E-state index in [-0.39, 0.29) is 30.0 Å². The van der Waals surface area contributed by atoms with Crippen molar-refractivity contribution in [3.05, 3.63) is 65.5 Å². The Balaban J connectivity index is 1.09. The maximum atomic E-state index is 12.9. The first kappa shape index (κ1) is 24.7. The minimum atomic E-state index is -4.54. The van der Waals surface area contributed by atoms with Crippen LogP contribution < -0.4 is 10.6 Å². The van der Waals surface area contributed by atoms with Gasteiger partial charge in [-0.15, -0.1) is 0 Å². The fraction of sp³-hybridized carbons (Fsp3) is 0.500. The van der Waals surface area contributed by atoms with Gasteiger partial charge in [0.15, 0.2) is 0 Å². The number of hydrogen-bond acceptors (Lipinski definition) is 5. The number of alkyl halides is 3. The quantitative estimate of drug-likeness (QED) is 0.565. The number of benzene rings is 1. The molecule has 10 heteroatoms. The molecule has 0 radical (unpaired) electrons. The van der Waals surface area contributed by atoms with Crippen molar-refractivity contribution in [2.75, 3.05) is 19.6 Å². The Morgan fingerprint density at radius 3 is 2.69 bits per heavy atom. The molecule has 192 valence electrons. The van der Waals surface area contributed by atoms with Crippen molar-refractivity contribution >= 4 is 11.8 Å². The molecule has 7 nitrogen and oxygen atoms in total. The molecule has 4 unspecified atom stereocenters. The molecule has 2 aliphatic carbocycles. The smallest absolute Gasteiger partial charge is 0.383 e. The number of hydrogen-bond donors (Lipinski definition) is 3. The van der Waals surface area contributed by atoms with Crippen molar-refractivity contribution in [1.29, 1.82) is 0 Å². The van der Waals surface area contributed by atoms with Crippen LogP contribution >= 0.6 is 0 Å². The van der Waals surface area contributed by atoms with E-state index in [1.54, 1.807) is 6.20 Å². The molecule has 3 fully saturated rings. The van der Waals surface area contributed by atoms with Crippen molar-refractivity contribution in [3.8, 4) is 0 Å². The first-order valence-electron chi connectivity index (χ1n) is 12.3. The minimum Gasteiger partial charge on any atom is -0.383 e. The second kappa shape index (κ2) is 9.48. The lowest BCUT2D eigenvalue weighted by Gasteiger charge is -2.39. The van der Waals surface area contributed by atoms with E-state index in [4.69, 9.17) is 0 Å². The first-order chi connectivity index (χ1) is 17.1. The SMILES string of the molecule is O=C(CNC(=O)c1cccc(C(F)(F)F)c1)N[C@@H]1CCN(C2CC3CC2CC3(O)c2ccccn2)C1. The molecule has 5 rings (SSSR count). The van der Waals surface area contributed by atoms with Crippen molar-refractivity contribution in [3.63, 3.8) is 0 Å². The number of nitrogens with one attached hydrogen (secondary N) is 2. The molecule has 2 amide bonds. The van der Waals surface area contributed by atoms with E-state index in [1.165, 1.54) is 6.07 Å². The van der Waals surface area contributed by atoms with Gasteiger partial charge in [-0.1, -0.05) is 12.1 Å². The van der Waals surface area contributed by atoms with Crippen molar-refractivity contribution in [1.82, 2.24) is 20.5 Å². The molecule has 1 aromatic heterocycles. The summed E-state index contributed by atoms with van der Waals surface area (Å²) in [4.78, 5) is 31.4. The lowest BCUT2D eigenvalue weighted by Crippen LogP contribution is -2.46. The molecule has 0 spiro atoms. The Bertz CT molecular complexity index is 1130. The molecular weight excluding hydrogens is 473 g/mol. The van der Waals surface area contributed by atoms with Crippen LogP contribution in [0.25, 0.3) is 0 Å². The normalized spacial score (nSPS) is 29.9. The number of pyridine rings is 1. The Hall–Kier alpha value is -2.98. The van der Waals surface area contributed by atoms with Gasteiger partial charge in [0.05, 0.1) is 17.8 Å². The summed E-state index contributed by atoms with van der Waals surface area (Å²) in [5.74, 6) is -0.559. The number of aliphatic hydroxyl groups is 1. The van der Waals surface area contributed by atoms with Gasteiger partial charge in [-0.2, -0.15) is 13.2 Å². The van der Waals surface area contributed by atoms with Gasteiger partial charge in [-0.05, 0) is 67.9 Å². The number of carbonyl (C=O) groups excluding carboxylic acids is 2. The molecule has 1 saturated heterocycles. The molecule has 2 saturated carbocycles. The van der Waals surface area contributed by atoms with Crippen LogP contribution in [0.15, 0.2) is 48.7 Å². The van der Waals surface area contributed by atoms with E-state index in [0.29, 0.717) is 24.9 Å². The summed E-state index contributed by atoms with van der Waals surface area (Å²) in [6.45, 7) is 1.23. The molecule has 3 aliphatic rings. The third-order valence-electron chi connectivity index (χ3n) is 7.93. The Labute approximate surface area is 207 Å². The number of halogens is 3. The summed E-state index contributed by atoms with van der Waals surface area (Å²) in [5, 5.41) is 16.6. The average molecular weight is 503 g/mol. The highest BCUT2D eigenvalue weighted by Gasteiger charge is 2.57. The number of rotatable bonds is 6. The van der Waals surface area contributed by atoms with Crippen LogP contribution in [0.4, 0.5) is 13.2 Å². The van der Waals surface area contributed by atoms with Gasteiger partial charge in [-0.25, -0.2) is 0 Å². The maximum absolute atomic E-state index is 12.9. The second-order valence-electron chi connectivity index (χ2n) is 10.1. The topological polar surface area (TPSA) is 94.6 Å². The Kier molecular flexibility index (Phi) is 6.50. The zero-order valence-electron chi connectivity index (χ0n) is 19.7. The van der Waals surface area contributed by atoms with Crippen LogP contribution in [0.1, 0.15) is 47.3 Å². The van der Waals surface area contributed by atoms with Gasteiger partial charge in [0.1, 0.15) is 5.60 Å². The van der Waals surface area contributed by atoms with Gasteiger partial charge >= 0.3 is 6.18 Å². The largest absolute Gasteiger partial charge is 0.416 e. The van der Waals surface area contributed by atoms with Crippen molar-refractivity contribution < 1.29 is 27.9 Å². The number of carbonyl (C=O) groups is 2. The standard InChI is InChI=1S/C26H29F3N4O3/c27-26(28,29)18-5-3-4-16(10-18)24(35)31-14-23(34)32-20-7-9-33(15-20)21-12-19-11-17(21)13-25(19,36)22-6-1-2-8-30-22/h1-6,8,10,17,19-21,36H,7,9,11-15H2,(H,31,35)(H,32,34)/t17?,19?,20-,21?,25?/m1/s1. The molecular formula is C26H29F3N4O3. The van der Waals surface area contributed by atoms with Gasteiger partial charge in [-0.3, -0.25) is 19.5 Å². The highest BCUT2D eigenvalue weighted by atomic mass is 19.4. The number of amides is 2. The van der Waals surface area contributed by atoms with Crippen LogP contribution in [-0.2, 0) is 16.6 Å². The Morgan fingerprint density at radius 2 is 2.00 bits per heavy atom. The van der Waals surface area contributed by atoms with E-state index in [1.807, 2.05) is 18.2 Å². The molecule has 1 aromatic carbocycles. The number of nitrogens with zero attached hydrogens (tertiary/aromatic N) is 2. The molecule has 5 atom stereocenters. The fourth-order valence-corrected chi connectivity index (χ4v) is 6.24. The van der Waals surface area contributed by atoms with Gasteiger partial charge in [0.25, 0.3) is 5.91 Å². The van der Waals surface area contributed by atoms with E-state index in [9.17, 15) is 27.9 Å². The second-order valence-corrected chi connectivity index (χ2v) is 10.1. The monoisotopic (exact) mass is 502 g/mol. The third-order valence-corrected chi connectivity index (χ3v) is 7.93. The van der Waals surface area contributed by atoms with Gasteiger partial charge in [0, 0.05) is 36.9 Å². The summed E-state index contributed by atoms with van der Waals surface area (Å²) in [6.07, 6.45) is 0.503. The summed E-state index contributed by atoms with van der Waals surface area (Å²) < 4.78 is 38.6. The third kappa shape index (κ3) is 4.84. The zero-order valence-corrected chi connectivity index (χ0v) is 19.7. The first-order valence-corrected chi connectivity index (χ1v) is 12.3. The predicted octanol–water partition coefficient (Wildman–Crippen LogP) is 2.71. The lowest BCUT2D eigenvalue weighted by molar-refractivity contribution is -0.137. The molecule has 2 heterocycles. The molecule has 2 bridgehead atoms. The summed E-state index contributed by atoms with van der Waals surface area (Å²) in [6, 6.07) is 10.1. The van der Waals surface area contributed by atoms with Crippen LogP contribution in [-0.4, -0.2) is 58.5 Å². The lowest BCUT2D eigenvalue weighted by atomic mass is 9.79. The average Bonchev–Trinajstić information content (AvgIpc) is 3.57.